The fourth-order valence-electron chi connectivity index (χ4n) is 3.90. The van der Waals surface area contributed by atoms with Gasteiger partial charge in [-0.15, -0.1) is 0 Å². The Morgan fingerprint density at radius 3 is 2.18 bits per heavy atom. The zero-order valence-electron chi connectivity index (χ0n) is 19.9. The molecule has 204 valence electrons. The third-order valence-corrected chi connectivity index (χ3v) is 6.27. The number of carbonyl (C=O) groups is 1. The molecule has 0 aliphatic heterocycles. The van der Waals surface area contributed by atoms with Crippen LogP contribution in [0.1, 0.15) is 34.2 Å². The zero-order chi connectivity index (χ0) is 28.5. The Labute approximate surface area is 228 Å². The zero-order valence-corrected chi connectivity index (χ0v) is 21.4. The molecule has 2 N–H and O–H groups in total. The standard InChI is InChI=1S/C26H18Cl2F6N4O/c1-2-21-22(24(39)37-36-20-12-7-14(25(29,30)31)13-18(20)26(32,33)34)35-23(17-5-3-4-6-19(17)28)38(21)16-10-8-15(27)9-11-16/h3-13,36H,2H2,1H3,(H,37,39). The molecule has 0 unspecified atom stereocenters. The van der Waals surface area contributed by atoms with Crippen molar-refractivity contribution >= 4 is 34.8 Å². The highest BCUT2D eigenvalue weighted by molar-refractivity contribution is 6.33. The van der Waals surface area contributed by atoms with Crippen LogP contribution in [0.5, 0.6) is 0 Å². The lowest BCUT2D eigenvalue weighted by atomic mass is 10.1. The summed E-state index contributed by atoms with van der Waals surface area (Å²) in [6.45, 7) is 1.75. The van der Waals surface area contributed by atoms with Crippen molar-refractivity contribution in [2.75, 3.05) is 5.43 Å². The molecule has 3 aromatic carbocycles. The van der Waals surface area contributed by atoms with Gasteiger partial charge >= 0.3 is 12.4 Å². The van der Waals surface area contributed by atoms with Gasteiger partial charge < -0.3 is 0 Å². The van der Waals surface area contributed by atoms with E-state index < -0.39 is 35.1 Å². The van der Waals surface area contributed by atoms with E-state index in [0.717, 1.165) is 0 Å². The minimum absolute atomic E-state index is 0.0310. The minimum atomic E-state index is -5.13. The van der Waals surface area contributed by atoms with Crippen molar-refractivity contribution in [3.8, 4) is 17.1 Å². The van der Waals surface area contributed by atoms with Gasteiger partial charge in [0.25, 0.3) is 5.91 Å². The van der Waals surface area contributed by atoms with E-state index in [9.17, 15) is 31.1 Å². The van der Waals surface area contributed by atoms with Gasteiger partial charge in [0.15, 0.2) is 5.69 Å². The predicted molar refractivity (Wildman–Crippen MR) is 136 cm³/mol. The number of hydrogen-bond acceptors (Lipinski definition) is 3. The summed E-state index contributed by atoms with van der Waals surface area (Å²) >= 11 is 12.4. The number of imidazole rings is 1. The molecule has 1 heterocycles. The average molecular weight is 587 g/mol. The van der Waals surface area contributed by atoms with Crippen molar-refractivity contribution in [3.05, 3.63) is 99.3 Å². The van der Waals surface area contributed by atoms with Crippen LogP contribution in [0.15, 0.2) is 66.7 Å². The summed E-state index contributed by atoms with van der Waals surface area (Å²) in [7, 11) is 0. The largest absolute Gasteiger partial charge is 0.418 e. The summed E-state index contributed by atoms with van der Waals surface area (Å²) in [6, 6.07) is 14.5. The van der Waals surface area contributed by atoms with Gasteiger partial charge in [-0.1, -0.05) is 42.3 Å². The maximum Gasteiger partial charge on any atom is 0.418 e. The molecule has 0 bridgehead atoms. The van der Waals surface area contributed by atoms with Gasteiger partial charge in [0, 0.05) is 16.3 Å². The molecule has 0 aliphatic carbocycles. The van der Waals surface area contributed by atoms with Crippen LogP contribution >= 0.6 is 23.2 Å². The minimum Gasteiger partial charge on any atom is -0.298 e. The van der Waals surface area contributed by atoms with E-state index in [0.29, 0.717) is 39.1 Å². The summed E-state index contributed by atoms with van der Waals surface area (Å²) in [4.78, 5) is 17.7. The van der Waals surface area contributed by atoms with Gasteiger partial charge in [-0.2, -0.15) is 26.3 Å². The number of rotatable bonds is 6. The van der Waals surface area contributed by atoms with Crippen LogP contribution in [0.25, 0.3) is 17.1 Å². The smallest absolute Gasteiger partial charge is 0.298 e. The quantitative estimate of drug-likeness (QED) is 0.177. The van der Waals surface area contributed by atoms with Gasteiger partial charge in [0.05, 0.1) is 27.5 Å². The summed E-state index contributed by atoms with van der Waals surface area (Å²) in [5, 5.41) is 0.806. The molecule has 4 rings (SSSR count). The number of amides is 1. The lowest BCUT2D eigenvalue weighted by Gasteiger charge is -2.17. The SMILES string of the molecule is CCc1c(C(=O)NNc2ccc(C(F)(F)F)cc2C(F)(F)F)nc(-c2ccccc2Cl)n1-c1ccc(Cl)cc1. The number of carbonyl (C=O) groups excluding carboxylic acids is 1. The number of anilines is 1. The molecule has 5 nitrogen and oxygen atoms in total. The van der Waals surface area contributed by atoms with E-state index >= 15 is 0 Å². The Morgan fingerprint density at radius 1 is 0.923 bits per heavy atom. The number of nitrogens with zero attached hydrogens (tertiary/aromatic N) is 2. The lowest BCUT2D eigenvalue weighted by Crippen LogP contribution is -2.31. The Morgan fingerprint density at radius 2 is 1.59 bits per heavy atom. The predicted octanol–water partition coefficient (Wildman–Crippen LogP) is 8.20. The number of halogens is 8. The average Bonchev–Trinajstić information content (AvgIpc) is 3.26. The molecule has 1 amide bonds. The highest BCUT2D eigenvalue weighted by Gasteiger charge is 2.38. The topological polar surface area (TPSA) is 59.0 Å². The van der Waals surface area contributed by atoms with Crippen molar-refractivity contribution < 1.29 is 31.1 Å². The van der Waals surface area contributed by atoms with Crippen LogP contribution in [0.3, 0.4) is 0 Å². The normalized spacial score (nSPS) is 11.9. The van der Waals surface area contributed by atoms with Crippen molar-refractivity contribution in [2.45, 2.75) is 25.7 Å². The van der Waals surface area contributed by atoms with E-state index in [2.05, 4.69) is 15.8 Å². The summed E-state index contributed by atoms with van der Waals surface area (Å²) < 4.78 is 81.2. The van der Waals surface area contributed by atoms with E-state index in [1.807, 2.05) is 0 Å². The first-order chi connectivity index (χ1) is 18.3. The Kier molecular flexibility index (Phi) is 7.85. The summed E-state index contributed by atoms with van der Waals surface area (Å²) in [5.41, 5.74) is 1.71. The molecule has 0 saturated heterocycles. The molecule has 4 aromatic rings. The molecule has 0 aliphatic rings. The van der Waals surface area contributed by atoms with Crippen LogP contribution in [0.4, 0.5) is 32.0 Å². The van der Waals surface area contributed by atoms with Crippen molar-refractivity contribution in [1.82, 2.24) is 15.0 Å². The molecule has 13 heteroatoms. The Hall–Kier alpha value is -3.70. The third kappa shape index (κ3) is 5.99. The monoisotopic (exact) mass is 586 g/mol. The highest BCUT2D eigenvalue weighted by atomic mass is 35.5. The number of hydrogen-bond donors (Lipinski definition) is 2. The van der Waals surface area contributed by atoms with Crippen LogP contribution in [-0.2, 0) is 18.8 Å². The molecule has 1 aromatic heterocycles. The highest BCUT2D eigenvalue weighted by Crippen LogP contribution is 2.39. The molecular weight excluding hydrogens is 569 g/mol. The van der Waals surface area contributed by atoms with Gasteiger partial charge in [-0.25, -0.2) is 4.98 Å². The Bertz CT molecular complexity index is 1510. The fraction of sp³-hybridized carbons (Fsp3) is 0.154. The fourth-order valence-corrected chi connectivity index (χ4v) is 4.25. The van der Waals surface area contributed by atoms with E-state index in [-0.39, 0.29) is 24.0 Å². The van der Waals surface area contributed by atoms with E-state index in [1.165, 1.54) is 0 Å². The first kappa shape index (κ1) is 28.3. The van der Waals surface area contributed by atoms with Crippen LogP contribution < -0.4 is 10.9 Å². The second-order valence-corrected chi connectivity index (χ2v) is 9.05. The van der Waals surface area contributed by atoms with Gasteiger partial charge in [0.2, 0.25) is 0 Å². The van der Waals surface area contributed by atoms with Crippen LogP contribution in [-0.4, -0.2) is 15.5 Å². The molecule has 0 fully saturated rings. The molecule has 0 radical (unpaired) electrons. The number of alkyl halides is 6. The molecule has 39 heavy (non-hydrogen) atoms. The third-order valence-electron chi connectivity index (χ3n) is 5.69. The Balaban J connectivity index is 1.76. The maximum absolute atomic E-state index is 13.5. The summed E-state index contributed by atoms with van der Waals surface area (Å²) in [5.74, 6) is -0.628. The van der Waals surface area contributed by atoms with Gasteiger partial charge in [-0.05, 0) is 61.0 Å². The molecule has 0 atom stereocenters. The molecule has 0 saturated carbocycles. The first-order valence-corrected chi connectivity index (χ1v) is 12.0. The van der Waals surface area contributed by atoms with Crippen LogP contribution in [0.2, 0.25) is 10.0 Å². The van der Waals surface area contributed by atoms with Crippen molar-refractivity contribution in [3.63, 3.8) is 0 Å². The van der Waals surface area contributed by atoms with E-state index in [4.69, 9.17) is 23.2 Å². The summed E-state index contributed by atoms with van der Waals surface area (Å²) in [6.07, 6.45) is -9.84. The van der Waals surface area contributed by atoms with Gasteiger partial charge in [0.1, 0.15) is 5.82 Å². The number of aromatic nitrogens is 2. The first-order valence-electron chi connectivity index (χ1n) is 11.3. The van der Waals surface area contributed by atoms with Crippen molar-refractivity contribution in [2.24, 2.45) is 0 Å². The second-order valence-electron chi connectivity index (χ2n) is 8.21. The van der Waals surface area contributed by atoms with Crippen molar-refractivity contribution in [1.29, 1.82) is 0 Å². The second kappa shape index (κ2) is 10.8. The molecular formula is C26H18Cl2F6N4O. The van der Waals surface area contributed by atoms with Crippen LogP contribution in [0, 0.1) is 0 Å². The number of hydrazine groups is 1. The lowest BCUT2D eigenvalue weighted by molar-refractivity contribution is -0.142. The van der Waals surface area contributed by atoms with Gasteiger partial charge in [-0.3, -0.25) is 20.2 Å². The number of benzene rings is 3. The van der Waals surface area contributed by atoms with E-state index in [1.54, 1.807) is 60.0 Å². The molecule has 0 spiro atoms. The maximum atomic E-state index is 13.5. The number of nitrogens with one attached hydrogen (secondary N) is 2.